The molecule has 0 saturated heterocycles. The molecule has 0 aliphatic rings. The van der Waals surface area contributed by atoms with E-state index in [4.69, 9.17) is 16.3 Å². The van der Waals surface area contributed by atoms with Gasteiger partial charge in [-0.05, 0) is 24.3 Å². The fraction of sp³-hybridized carbons (Fsp3) is 0.0833. The molecule has 0 radical (unpaired) electrons. The van der Waals surface area contributed by atoms with Crippen LogP contribution in [0.5, 0.6) is 5.75 Å². The number of halogens is 1. The van der Waals surface area contributed by atoms with Gasteiger partial charge in [-0.25, -0.2) is 4.98 Å². The highest BCUT2D eigenvalue weighted by molar-refractivity contribution is 6.32. The number of aromatic nitrogens is 4. The summed E-state index contributed by atoms with van der Waals surface area (Å²) in [6.45, 7) is 0. The third-order valence-corrected chi connectivity index (χ3v) is 2.90. The molecule has 90 valence electrons. The molecule has 0 bridgehead atoms. The van der Waals surface area contributed by atoms with E-state index in [1.807, 2.05) is 24.3 Å². The molecule has 0 amide bonds. The molecule has 0 aliphatic heterocycles. The maximum atomic E-state index is 5.95. The van der Waals surface area contributed by atoms with Crippen LogP contribution in [0.25, 0.3) is 17.0 Å². The minimum atomic E-state index is 0.338. The zero-order valence-corrected chi connectivity index (χ0v) is 10.3. The van der Waals surface area contributed by atoms with E-state index in [1.165, 1.54) is 0 Å². The first-order valence-corrected chi connectivity index (χ1v) is 5.67. The van der Waals surface area contributed by atoms with Gasteiger partial charge in [0.1, 0.15) is 5.75 Å². The van der Waals surface area contributed by atoms with E-state index < -0.39 is 0 Å². The second-order valence-electron chi connectivity index (χ2n) is 3.66. The van der Waals surface area contributed by atoms with Crippen LogP contribution in [0.2, 0.25) is 5.15 Å². The van der Waals surface area contributed by atoms with E-state index in [0.29, 0.717) is 10.8 Å². The van der Waals surface area contributed by atoms with Gasteiger partial charge in [0.05, 0.1) is 7.11 Å². The molecular formula is C12H9ClN4O. The highest BCUT2D eigenvalue weighted by Crippen LogP contribution is 2.22. The third kappa shape index (κ3) is 1.69. The summed E-state index contributed by atoms with van der Waals surface area (Å²) in [6, 6.07) is 7.59. The molecule has 0 N–H and O–H groups in total. The van der Waals surface area contributed by atoms with Crippen molar-refractivity contribution < 1.29 is 4.74 Å². The fourth-order valence-electron chi connectivity index (χ4n) is 1.73. The van der Waals surface area contributed by atoms with Crippen molar-refractivity contribution in [1.82, 2.24) is 19.6 Å². The number of nitrogens with zero attached hydrogens (tertiary/aromatic N) is 4. The number of benzene rings is 1. The maximum Gasteiger partial charge on any atom is 0.198 e. The summed E-state index contributed by atoms with van der Waals surface area (Å²) in [7, 11) is 1.63. The number of methoxy groups -OCH3 is 1. The van der Waals surface area contributed by atoms with Crippen molar-refractivity contribution in [3.63, 3.8) is 0 Å². The van der Waals surface area contributed by atoms with Crippen LogP contribution in [-0.2, 0) is 0 Å². The maximum absolute atomic E-state index is 5.95. The molecule has 6 heteroatoms. The van der Waals surface area contributed by atoms with Crippen LogP contribution in [0.4, 0.5) is 0 Å². The van der Waals surface area contributed by atoms with Gasteiger partial charge < -0.3 is 4.74 Å². The largest absolute Gasteiger partial charge is 0.497 e. The predicted octanol–water partition coefficient (Wildman–Crippen LogP) is 2.45. The molecule has 0 aliphatic carbocycles. The van der Waals surface area contributed by atoms with Crippen molar-refractivity contribution in [2.24, 2.45) is 0 Å². The smallest absolute Gasteiger partial charge is 0.198 e. The Labute approximate surface area is 108 Å². The lowest BCUT2D eigenvalue weighted by Crippen LogP contribution is -1.91. The molecular weight excluding hydrogens is 252 g/mol. The van der Waals surface area contributed by atoms with Crippen LogP contribution < -0.4 is 4.74 Å². The Morgan fingerprint density at radius 1 is 1.17 bits per heavy atom. The molecule has 0 unspecified atom stereocenters. The normalized spacial score (nSPS) is 10.8. The third-order valence-electron chi connectivity index (χ3n) is 2.63. The molecule has 1 aromatic carbocycles. The number of hydrogen-bond acceptors (Lipinski definition) is 4. The molecule has 2 aromatic heterocycles. The molecule has 0 atom stereocenters. The lowest BCUT2D eigenvalue weighted by molar-refractivity contribution is 0.415. The second-order valence-corrected chi connectivity index (χ2v) is 4.02. The monoisotopic (exact) mass is 260 g/mol. The molecule has 2 heterocycles. The van der Waals surface area contributed by atoms with Gasteiger partial charge in [-0.2, -0.15) is 0 Å². The zero-order valence-electron chi connectivity index (χ0n) is 9.54. The van der Waals surface area contributed by atoms with E-state index in [-0.39, 0.29) is 0 Å². The van der Waals surface area contributed by atoms with Crippen LogP contribution in [0.15, 0.2) is 36.7 Å². The van der Waals surface area contributed by atoms with Gasteiger partial charge in [-0.3, -0.25) is 4.40 Å². The lowest BCUT2D eigenvalue weighted by Gasteiger charge is -2.02. The number of fused-ring (bicyclic) bond motifs is 1. The zero-order chi connectivity index (χ0) is 12.5. The Balaban J connectivity index is 2.16. The summed E-state index contributed by atoms with van der Waals surface area (Å²) in [4.78, 5) is 3.96. The van der Waals surface area contributed by atoms with Crippen LogP contribution in [0, 0.1) is 0 Å². The Bertz CT molecular complexity index is 693. The van der Waals surface area contributed by atoms with E-state index in [9.17, 15) is 0 Å². The first-order valence-electron chi connectivity index (χ1n) is 5.29. The molecule has 3 rings (SSSR count). The van der Waals surface area contributed by atoms with Crippen molar-refractivity contribution in [1.29, 1.82) is 0 Å². The van der Waals surface area contributed by atoms with Crippen molar-refractivity contribution >= 4 is 17.2 Å². The highest BCUT2D eigenvalue weighted by Gasteiger charge is 2.10. The van der Waals surface area contributed by atoms with Gasteiger partial charge in [0.15, 0.2) is 16.6 Å². The highest BCUT2D eigenvalue weighted by atomic mass is 35.5. The molecule has 3 aromatic rings. The molecule has 0 spiro atoms. The summed E-state index contributed by atoms with van der Waals surface area (Å²) in [6.07, 6.45) is 3.40. The van der Waals surface area contributed by atoms with Gasteiger partial charge in [-0.1, -0.05) is 11.6 Å². The lowest BCUT2D eigenvalue weighted by atomic mass is 10.2. The summed E-state index contributed by atoms with van der Waals surface area (Å²) < 4.78 is 6.92. The Morgan fingerprint density at radius 3 is 2.67 bits per heavy atom. The fourth-order valence-corrected chi connectivity index (χ4v) is 1.92. The minimum Gasteiger partial charge on any atom is -0.497 e. The Hall–Kier alpha value is -2.14. The van der Waals surface area contributed by atoms with E-state index in [1.54, 1.807) is 23.9 Å². The molecule has 18 heavy (non-hydrogen) atoms. The summed E-state index contributed by atoms with van der Waals surface area (Å²) in [5.41, 5.74) is 1.48. The van der Waals surface area contributed by atoms with E-state index >= 15 is 0 Å². The first-order chi connectivity index (χ1) is 8.79. The standard InChI is InChI=1S/C12H9ClN4O/c1-18-9-4-2-8(3-5-9)11-15-16-12-10(13)14-6-7-17(11)12/h2-7H,1H3. The van der Waals surface area contributed by atoms with E-state index in [2.05, 4.69) is 15.2 Å². The molecule has 5 nitrogen and oxygen atoms in total. The van der Waals surface area contributed by atoms with E-state index in [0.717, 1.165) is 17.1 Å². The van der Waals surface area contributed by atoms with Gasteiger partial charge in [-0.15, -0.1) is 10.2 Å². The van der Waals surface area contributed by atoms with Crippen LogP contribution in [0.1, 0.15) is 0 Å². The van der Waals surface area contributed by atoms with Crippen LogP contribution in [0.3, 0.4) is 0 Å². The average Bonchev–Trinajstić information content (AvgIpc) is 2.84. The number of rotatable bonds is 2. The van der Waals surface area contributed by atoms with Gasteiger partial charge in [0.25, 0.3) is 0 Å². The molecule has 0 fully saturated rings. The van der Waals surface area contributed by atoms with Gasteiger partial charge >= 0.3 is 0 Å². The summed E-state index contributed by atoms with van der Waals surface area (Å²) in [5.74, 6) is 1.52. The first kappa shape index (κ1) is 11.0. The molecule has 0 saturated carbocycles. The Morgan fingerprint density at radius 2 is 1.94 bits per heavy atom. The number of hydrogen-bond donors (Lipinski definition) is 0. The van der Waals surface area contributed by atoms with Crippen molar-refractivity contribution in [3.8, 4) is 17.1 Å². The predicted molar refractivity (Wildman–Crippen MR) is 67.8 cm³/mol. The minimum absolute atomic E-state index is 0.338. The van der Waals surface area contributed by atoms with Crippen molar-refractivity contribution in [2.75, 3.05) is 7.11 Å². The van der Waals surface area contributed by atoms with Crippen molar-refractivity contribution in [2.45, 2.75) is 0 Å². The summed E-state index contributed by atoms with van der Waals surface area (Å²) >= 11 is 5.95. The SMILES string of the molecule is COc1ccc(-c2nnc3c(Cl)nccn23)cc1. The quantitative estimate of drug-likeness (QED) is 0.710. The van der Waals surface area contributed by atoms with Crippen LogP contribution in [-0.4, -0.2) is 26.7 Å². The van der Waals surface area contributed by atoms with Gasteiger partial charge in [0.2, 0.25) is 0 Å². The average molecular weight is 261 g/mol. The number of ether oxygens (including phenoxy) is 1. The topological polar surface area (TPSA) is 52.3 Å². The summed E-state index contributed by atoms with van der Waals surface area (Å²) in [5, 5.41) is 8.49. The van der Waals surface area contributed by atoms with Crippen LogP contribution >= 0.6 is 11.6 Å². The van der Waals surface area contributed by atoms with Gasteiger partial charge in [0, 0.05) is 18.0 Å². The van der Waals surface area contributed by atoms with Crippen molar-refractivity contribution in [3.05, 3.63) is 41.8 Å². The second kappa shape index (κ2) is 4.27. The Kier molecular flexibility index (Phi) is 2.60.